The fourth-order valence-corrected chi connectivity index (χ4v) is 2.39. The highest BCUT2D eigenvalue weighted by atomic mass is 19.1. The highest BCUT2D eigenvalue weighted by Gasteiger charge is 2.26. The minimum Gasteiger partial charge on any atom is -0.393 e. The molecule has 3 nitrogen and oxygen atoms in total. The van der Waals surface area contributed by atoms with Crippen molar-refractivity contribution in [2.45, 2.75) is 32.3 Å². The first-order valence-electron chi connectivity index (χ1n) is 6.41. The summed E-state index contributed by atoms with van der Waals surface area (Å²) < 4.78 is 26.9. The van der Waals surface area contributed by atoms with Crippen molar-refractivity contribution < 1.29 is 18.7 Å². The molecular formula is C14H17F2NO2. The Kier molecular flexibility index (Phi) is 4.14. The van der Waals surface area contributed by atoms with Crippen molar-refractivity contribution in [3.63, 3.8) is 0 Å². The highest BCUT2D eigenvalue weighted by molar-refractivity contribution is 5.94. The molecule has 2 N–H and O–H groups in total. The molecule has 0 heterocycles. The standard InChI is InChI=1S/C14H17F2NO2/c1-8-5-12(16)10(6-11(8)15)14(19)17-7-9-3-2-4-13(9)18/h5-6,9,13,18H,2-4,7H2,1H3,(H,17,19). The van der Waals surface area contributed by atoms with Crippen molar-refractivity contribution in [3.05, 3.63) is 34.9 Å². The van der Waals surface area contributed by atoms with Gasteiger partial charge in [-0.2, -0.15) is 0 Å². The minimum atomic E-state index is -0.733. The molecule has 1 aliphatic rings. The predicted molar refractivity (Wildman–Crippen MR) is 66.8 cm³/mol. The van der Waals surface area contributed by atoms with Crippen molar-refractivity contribution in [2.75, 3.05) is 6.54 Å². The van der Waals surface area contributed by atoms with Gasteiger partial charge >= 0.3 is 0 Å². The molecule has 1 aromatic rings. The van der Waals surface area contributed by atoms with Crippen LogP contribution in [0.3, 0.4) is 0 Å². The summed E-state index contributed by atoms with van der Waals surface area (Å²) in [5.74, 6) is -1.98. The fourth-order valence-electron chi connectivity index (χ4n) is 2.39. The number of amides is 1. The van der Waals surface area contributed by atoms with Crippen LogP contribution < -0.4 is 5.32 Å². The lowest BCUT2D eigenvalue weighted by Gasteiger charge is -2.15. The zero-order chi connectivity index (χ0) is 14.0. The number of hydrogen-bond acceptors (Lipinski definition) is 2. The molecule has 1 fully saturated rings. The molecule has 0 bridgehead atoms. The summed E-state index contributed by atoms with van der Waals surface area (Å²) in [4.78, 5) is 11.8. The zero-order valence-electron chi connectivity index (χ0n) is 10.7. The Labute approximate surface area is 110 Å². The quantitative estimate of drug-likeness (QED) is 0.883. The molecule has 1 saturated carbocycles. The third-order valence-corrected chi connectivity index (χ3v) is 3.64. The number of carbonyl (C=O) groups excluding carboxylic acids is 1. The third-order valence-electron chi connectivity index (χ3n) is 3.64. The highest BCUT2D eigenvalue weighted by Crippen LogP contribution is 2.24. The lowest BCUT2D eigenvalue weighted by Crippen LogP contribution is -2.33. The van der Waals surface area contributed by atoms with Crippen molar-refractivity contribution >= 4 is 5.91 Å². The van der Waals surface area contributed by atoms with Crippen LogP contribution in [0, 0.1) is 24.5 Å². The molecule has 2 rings (SSSR count). The van der Waals surface area contributed by atoms with Crippen LogP contribution in [0.4, 0.5) is 8.78 Å². The molecule has 1 aromatic carbocycles. The van der Waals surface area contributed by atoms with Crippen LogP contribution in [0.1, 0.15) is 35.2 Å². The maximum absolute atomic E-state index is 13.6. The Morgan fingerprint density at radius 3 is 2.74 bits per heavy atom. The van der Waals surface area contributed by atoms with Crippen LogP contribution in [0.15, 0.2) is 12.1 Å². The van der Waals surface area contributed by atoms with Crippen molar-refractivity contribution in [2.24, 2.45) is 5.92 Å². The average molecular weight is 269 g/mol. The van der Waals surface area contributed by atoms with Gasteiger partial charge in [0.25, 0.3) is 5.91 Å². The second kappa shape index (κ2) is 5.65. The molecule has 0 spiro atoms. The van der Waals surface area contributed by atoms with Crippen LogP contribution >= 0.6 is 0 Å². The largest absolute Gasteiger partial charge is 0.393 e. The van der Waals surface area contributed by atoms with Crippen LogP contribution in [-0.2, 0) is 0 Å². The van der Waals surface area contributed by atoms with Gasteiger partial charge in [-0.25, -0.2) is 8.78 Å². The second-order valence-corrected chi connectivity index (χ2v) is 5.05. The number of aliphatic hydroxyl groups excluding tert-OH is 1. The molecule has 0 aromatic heterocycles. The summed E-state index contributed by atoms with van der Waals surface area (Å²) in [5, 5.41) is 12.2. The molecule has 19 heavy (non-hydrogen) atoms. The number of benzene rings is 1. The van der Waals surface area contributed by atoms with E-state index in [0.29, 0.717) is 0 Å². The van der Waals surface area contributed by atoms with Crippen LogP contribution in [0.5, 0.6) is 0 Å². The number of halogens is 2. The number of carbonyl (C=O) groups is 1. The van der Waals surface area contributed by atoms with E-state index in [4.69, 9.17) is 0 Å². The number of rotatable bonds is 3. The van der Waals surface area contributed by atoms with Crippen LogP contribution in [-0.4, -0.2) is 23.7 Å². The van der Waals surface area contributed by atoms with Gasteiger partial charge in [0.15, 0.2) is 0 Å². The first kappa shape index (κ1) is 13.9. The lowest BCUT2D eigenvalue weighted by molar-refractivity contribution is 0.0912. The van der Waals surface area contributed by atoms with E-state index in [1.165, 1.54) is 6.92 Å². The van der Waals surface area contributed by atoms with Crippen molar-refractivity contribution in [1.82, 2.24) is 5.32 Å². The lowest BCUT2D eigenvalue weighted by atomic mass is 10.1. The Balaban J connectivity index is 2.02. The molecule has 0 radical (unpaired) electrons. The molecule has 104 valence electrons. The maximum atomic E-state index is 13.6. The van der Waals surface area contributed by atoms with Crippen LogP contribution in [0.25, 0.3) is 0 Å². The van der Waals surface area contributed by atoms with E-state index in [-0.39, 0.29) is 23.6 Å². The summed E-state index contributed by atoms with van der Waals surface area (Å²) in [6.45, 7) is 1.73. The topological polar surface area (TPSA) is 49.3 Å². The van der Waals surface area contributed by atoms with E-state index >= 15 is 0 Å². The third kappa shape index (κ3) is 3.10. The number of aliphatic hydroxyl groups is 1. The SMILES string of the molecule is Cc1cc(F)c(C(=O)NCC2CCCC2O)cc1F. The van der Waals surface area contributed by atoms with E-state index in [1.807, 2.05) is 0 Å². The van der Waals surface area contributed by atoms with Gasteiger partial charge in [-0.05, 0) is 37.5 Å². The number of nitrogens with one attached hydrogen (secondary N) is 1. The molecule has 1 aliphatic carbocycles. The van der Waals surface area contributed by atoms with Gasteiger partial charge in [-0.15, -0.1) is 0 Å². The van der Waals surface area contributed by atoms with E-state index in [1.54, 1.807) is 0 Å². The van der Waals surface area contributed by atoms with E-state index in [0.717, 1.165) is 31.4 Å². The van der Waals surface area contributed by atoms with Gasteiger partial charge in [0.05, 0.1) is 11.7 Å². The summed E-state index contributed by atoms with van der Waals surface area (Å²) in [6.07, 6.45) is 2.08. The fraction of sp³-hybridized carbons (Fsp3) is 0.500. The predicted octanol–water partition coefficient (Wildman–Crippen LogP) is 2.16. The van der Waals surface area contributed by atoms with Gasteiger partial charge in [-0.1, -0.05) is 6.42 Å². The smallest absolute Gasteiger partial charge is 0.254 e. The van der Waals surface area contributed by atoms with Gasteiger partial charge in [0.1, 0.15) is 11.6 Å². The molecule has 2 atom stereocenters. The molecule has 2 unspecified atom stereocenters. The second-order valence-electron chi connectivity index (χ2n) is 5.05. The Hall–Kier alpha value is -1.49. The van der Waals surface area contributed by atoms with Gasteiger partial charge in [-0.3, -0.25) is 4.79 Å². The number of aryl methyl sites for hydroxylation is 1. The normalized spacial score (nSPS) is 22.5. The monoisotopic (exact) mass is 269 g/mol. The van der Waals surface area contributed by atoms with Gasteiger partial charge in [0.2, 0.25) is 0 Å². The Morgan fingerprint density at radius 1 is 1.37 bits per heavy atom. The Morgan fingerprint density at radius 2 is 2.11 bits per heavy atom. The van der Waals surface area contributed by atoms with Gasteiger partial charge < -0.3 is 10.4 Å². The minimum absolute atomic E-state index is 0.00214. The first-order valence-corrected chi connectivity index (χ1v) is 6.41. The van der Waals surface area contributed by atoms with E-state index < -0.39 is 23.6 Å². The first-order chi connectivity index (χ1) is 8.99. The maximum Gasteiger partial charge on any atom is 0.254 e. The molecule has 0 aliphatic heterocycles. The molecule has 5 heteroatoms. The molecule has 0 saturated heterocycles. The summed E-state index contributed by atoms with van der Waals surface area (Å²) >= 11 is 0. The van der Waals surface area contributed by atoms with E-state index in [9.17, 15) is 18.7 Å². The zero-order valence-corrected chi connectivity index (χ0v) is 10.7. The summed E-state index contributed by atoms with van der Waals surface area (Å²) in [5.41, 5.74) is -0.129. The Bertz CT molecular complexity index is 491. The summed E-state index contributed by atoms with van der Waals surface area (Å²) in [6, 6.07) is 1.92. The molecular weight excluding hydrogens is 252 g/mol. The summed E-state index contributed by atoms with van der Waals surface area (Å²) in [7, 11) is 0. The van der Waals surface area contributed by atoms with E-state index in [2.05, 4.69) is 5.32 Å². The van der Waals surface area contributed by atoms with Gasteiger partial charge in [0, 0.05) is 12.5 Å². The average Bonchev–Trinajstić information content (AvgIpc) is 2.76. The molecule has 1 amide bonds. The van der Waals surface area contributed by atoms with Crippen molar-refractivity contribution in [1.29, 1.82) is 0 Å². The number of hydrogen-bond donors (Lipinski definition) is 2. The van der Waals surface area contributed by atoms with Crippen molar-refractivity contribution in [3.8, 4) is 0 Å². The van der Waals surface area contributed by atoms with Crippen LogP contribution in [0.2, 0.25) is 0 Å².